The molecule has 0 amide bonds. The first-order valence-electron chi connectivity index (χ1n) is 20.7. The van der Waals surface area contributed by atoms with Crippen molar-refractivity contribution < 1.29 is 42.1 Å². The van der Waals surface area contributed by atoms with Crippen molar-refractivity contribution in [3.63, 3.8) is 0 Å². The fourth-order valence-corrected chi connectivity index (χ4v) is 6.69. The van der Waals surface area contributed by atoms with Crippen LogP contribution in [-0.2, 0) is 32.7 Å². The summed E-state index contributed by atoms with van der Waals surface area (Å²) in [5, 5.41) is 0. The van der Waals surface area contributed by atoms with Crippen molar-refractivity contribution in [2.45, 2.75) is 200 Å². The van der Waals surface area contributed by atoms with Crippen molar-refractivity contribution in [1.29, 1.82) is 0 Å². The van der Waals surface area contributed by atoms with Crippen LogP contribution in [0.1, 0.15) is 194 Å². The number of quaternary nitrogens is 1. The molecule has 0 aliphatic carbocycles. The van der Waals surface area contributed by atoms with Gasteiger partial charge in [0.2, 0.25) is 0 Å². The quantitative estimate of drug-likeness (QED) is 0.0267. The molecule has 0 radical (unpaired) electrons. The fourth-order valence-electron chi connectivity index (χ4n) is 5.84. The molecule has 0 heterocycles. The highest BCUT2D eigenvalue weighted by Gasteiger charge is 2.23. The van der Waals surface area contributed by atoms with Crippen molar-refractivity contribution in [3.8, 4) is 0 Å². The van der Waals surface area contributed by atoms with E-state index in [9.17, 15) is 19.0 Å². The lowest BCUT2D eigenvalue weighted by molar-refractivity contribution is -0.870. The van der Waals surface area contributed by atoms with Crippen LogP contribution in [0.25, 0.3) is 0 Å². The van der Waals surface area contributed by atoms with E-state index in [2.05, 4.69) is 13.8 Å². The predicted molar refractivity (Wildman–Crippen MR) is 204 cm³/mol. The minimum absolute atomic E-state index is 0.0470. The Bertz CT molecular complexity index is 835. The molecule has 0 spiro atoms. The standard InChI is InChI=1S/C40H80NO8P/c1-6-8-10-12-14-16-18-19-20-21-23-25-27-29-31-33-40(43)47-37-38(49-50(44,45)48-35-34-41(3,4)5)36-46-39(42)32-30-28-26-24-22-17-15-13-11-9-7-2/h38H,6-37H2,1-5H3/t38-/m0/s1. The third-order valence-corrected chi connectivity index (χ3v) is 10.2. The summed E-state index contributed by atoms with van der Waals surface area (Å²) in [6.45, 7) is 4.25. The highest BCUT2D eigenvalue weighted by Crippen LogP contribution is 2.40. The molecule has 0 rings (SSSR count). The van der Waals surface area contributed by atoms with Gasteiger partial charge in [-0.15, -0.1) is 0 Å². The molecule has 1 unspecified atom stereocenters. The summed E-state index contributed by atoms with van der Waals surface area (Å²) in [5.74, 6) is -0.822. The summed E-state index contributed by atoms with van der Waals surface area (Å²) in [5.41, 5.74) is 0. The highest BCUT2D eigenvalue weighted by atomic mass is 31.2. The summed E-state index contributed by atoms with van der Waals surface area (Å²) in [6.07, 6.45) is 31.1. The Balaban J connectivity index is 4.31. The van der Waals surface area contributed by atoms with Crippen LogP contribution in [0.3, 0.4) is 0 Å². The van der Waals surface area contributed by atoms with E-state index in [1.54, 1.807) is 0 Å². The minimum atomic E-state index is -4.70. The summed E-state index contributed by atoms with van der Waals surface area (Å²) in [6, 6.07) is 0. The largest absolute Gasteiger partial charge is 0.756 e. The molecular formula is C40H80NO8P. The van der Waals surface area contributed by atoms with Crippen molar-refractivity contribution in [2.75, 3.05) is 47.5 Å². The smallest absolute Gasteiger partial charge is 0.305 e. The van der Waals surface area contributed by atoms with Crippen LogP contribution in [0, 0.1) is 0 Å². The van der Waals surface area contributed by atoms with E-state index in [4.69, 9.17) is 18.5 Å². The summed E-state index contributed by atoms with van der Waals surface area (Å²) in [7, 11) is 1.08. The van der Waals surface area contributed by atoms with Crippen molar-refractivity contribution >= 4 is 19.8 Å². The van der Waals surface area contributed by atoms with Crippen LogP contribution in [0.5, 0.6) is 0 Å². The lowest BCUT2D eigenvalue weighted by atomic mass is 10.0. The maximum atomic E-state index is 12.5. The number of hydrogen-bond acceptors (Lipinski definition) is 8. The average molecular weight is 734 g/mol. The van der Waals surface area contributed by atoms with Gasteiger partial charge in [-0.2, -0.15) is 0 Å². The Labute approximate surface area is 308 Å². The average Bonchev–Trinajstić information content (AvgIpc) is 3.05. The molecule has 0 bridgehead atoms. The van der Waals surface area contributed by atoms with Crippen LogP contribution in [-0.4, -0.2) is 70.0 Å². The van der Waals surface area contributed by atoms with Crippen LogP contribution in [0.2, 0.25) is 0 Å². The molecule has 0 aromatic rings. The van der Waals surface area contributed by atoms with Crippen molar-refractivity contribution in [1.82, 2.24) is 0 Å². The van der Waals surface area contributed by atoms with E-state index in [1.807, 2.05) is 21.1 Å². The van der Waals surface area contributed by atoms with Crippen LogP contribution in [0.4, 0.5) is 0 Å². The van der Waals surface area contributed by atoms with Gasteiger partial charge in [0.25, 0.3) is 7.82 Å². The Hall–Kier alpha value is -0.990. The zero-order valence-corrected chi connectivity index (χ0v) is 34.3. The molecule has 0 aromatic carbocycles. The second kappa shape index (κ2) is 33.8. The zero-order chi connectivity index (χ0) is 37.2. The van der Waals surface area contributed by atoms with E-state index >= 15 is 0 Å². The molecule has 0 aromatic heterocycles. The number of hydrogen-bond donors (Lipinski definition) is 0. The van der Waals surface area contributed by atoms with E-state index in [0.717, 1.165) is 38.5 Å². The van der Waals surface area contributed by atoms with E-state index in [1.165, 1.54) is 128 Å². The number of unbranched alkanes of at least 4 members (excludes halogenated alkanes) is 24. The van der Waals surface area contributed by atoms with Gasteiger partial charge in [-0.05, 0) is 12.8 Å². The van der Waals surface area contributed by atoms with Gasteiger partial charge in [0.05, 0.1) is 21.1 Å². The first-order valence-corrected chi connectivity index (χ1v) is 22.2. The Morgan fingerprint density at radius 1 is 0.540 bits per heavy atom. The molecule has 10 heteroatoms. The highest BCUT2D eigenvalue weighted by molar-refractivity contribution is 7.45. The Morgan fingerprint density at radius 2 is 0.840 bits per heavy atom. The lowest BCUT2D eigenvalue weighted by Crippen LogP contribution is -2.38. The van der Waals surface area contributed by atoms with Crippen molar-refractivity contribution in [3.05, 3.63) is 0 Å². The first-order chi connectivity index (χ1) is 24.0. The van der Waals surface area contributed by atoms with Gasteiger partial charge in [-0.1, -0.05) is 168 Å². The third kappa shape index (κ3) is 36.8. The van der Waals surface area contributed by atoms with Crippen LogP contribution in [0.15, 0.2) is 0 Å². The molecule has 0 fully saturated rings. The third-order valence-electron chi connectivity index (χ3n) is 9.12. The molecular weight excluding hydrogens is 653 g/mol. The number of carbonyl (C=O) groups is 2. The summed E-state index contributed by atoms with van der Waals surface area (Å²) >= 11 is 0. The normalized spacial score (nSPS) is 13.6. The van der Waals surface area contributed by atoms with Gasteiger partial charge < -0.3 is 27.9 Å². The molecule has 0 aliphatic heterocycles. The van der Waals surface area contributed by atoms with Gasteiger partial charge in [0.15, 0.2) is 0 Å². The van der Waals surface area contributed by atoms with E-state index in [0.29, 0.717) is 11.0 Å². The molecule has 0 saturated heterocycles. The number of nitrogens with zero attached hydrogens (tertiary/aromatic N) is 1. The van der Waals surface area contributed by atoms with Crippen LogP contribution >= 0.6 is 7.82 Å². The predicted octanol–water partition coefficient (Wildman–Crippen LogP) is 10.6. The van der Waals surface area contributed by atoms with E-state index in [-0.39, 0.29) is 32.7 Å². The number of ether oxygens (including phenoxy) is 2. The maximum Gasteiger partial charge on any atom is 0.305 e. The number of likely N-dealkylation sites (N-methyl/N-ethyl adjacent to an activating group) is 1. The van der Waals surface area contributed by atoms with Gasteiger partial charge in [-0.3, -0.25) is 14.2 Å². The Kier molecular flexibility index (Phi) is 33.2. The zero-order valence-electron chi connectivity index (χ0n) is 33.4. The monoisotopic (exact) mass is 734 g/mol. The van der Waals surface area contributed by atoms with Crippen molar-refractivity contribution in [2.24, 2.45) is 0 Å². The molecule has 0 saturated carbocycles. The number of esters is 2. The van der Waals surface area contributed by atoms with Gasteiger partial charge in [0.1, 0.15) is 32.5 Å². The minimum Gasteiger partial charge on any atom is -0.756 e. The molecule has 298 valence electrons. The summed E-state index contributed by atoms with van der Waals surface area (Å²) in [4.78, 5) is 37.4. The van der Waals surface area contributed by atoms with Gasteiger partial charge in [-0.25, -0.2) is 0 Å². The Morgan fingerprint density at radius 3 is 1.14 bits per heavy atom. The second-order valence-electron chi connectivity index (χ2n) is 15.4. The van der Waals surface area contributed by atoms with Gasteiger partial charge >= 0.3 is 11.9 Å². The lowest BCUT2D eigenvalue weighted by Gasteiger charge is -2.29. The molecule has 0 N–H and O–H groups in total. The number of rotatable bonds is 38. The molecule has 50 heavy (non-hydrogen) atoms. The van der Waals surface area contributed by atoms with Gasteiger partial charge in [0, 0.05) is 12.8 Å². The number of phosphoric ester groups is 1. The summed E-state index contributed by atoms with van der Waals surface area (Å²) < 4.78 is 34.0. The van der Waals surface area contributed by atoms with E-state index < -0.39 is 25.9 Å². The van der Waals surface area contributed by atoms with Crippen LogP contribution < -0.4 is 4.89 Å². The fraction of sp³-hybridized carbons (Fsp3) is 0.950. The number of phosphoric acid groups is 1. The SMILES string of the molecule is CCCCCCCCCCCCCCCCCC(=O)OC[C@H](COC(=O)CCCCCCCCCCCCC)OP(=O)([O-])OCC[N+](C)(C)C. The maximum absolute atomic E-state index is 12.5. The second-order valence-corrected chi connectivity index (χ2v) is 16.7. The molecule has 9 nitrogen and oxygen atoms in total. The number of carbonyl (C=O) groups excluding carboxylic acids is 2. The molecule has 2 atom stereocenters. The first kappa shape index (κ1) is 49.0. The molecule has 0 aliphatic rings. The topological polar surface area (TPSA) is 111 Å².